The Morgan fingerprint density at radius 3 is 2.64 bits per heavy atom. The van der Waals surface area contributed by atoms with Crippen LogP contribution in [-0.2, 0) is 9.53 Å². The first-order chi connectivity index (χ1) is 13.5. The van der Waals surface area contributed by atoms with Crippen LogP contribution >= 0.6 is 0 Å². The summed E-state index contributed by atoms with van der Waals surface area (Å²) in [7, 11) is 0. The van der Waals surface area contributed by atoms with Crippen molar-refractivity contribution in [2.75, 3.05) is 19.8 Å². The molecule has 0 spiro atoms. The van der Waals surface area contributed by atoms with Gasteiger partial charge in [-0.15, -0.1) is 0 Å². The Morgan fingerprint density at radius 2 is 1.93 bits per heavy atom. The Bertz CT molecular complexity index is 695. The molecule has 1 aromatic carbocycles. The summed E-state index contributed by atoms with van der Waals surface area (Å²) in [4.78, 5) is 27.2. The first kappa shape index (κ1) is 20.5. The highest BCUT2D eigenvalue weighted by atomic mass is 19.3. The molecule has 3 rings (SSSR count). The number of likely N-dealkylation sites (tertiary alicyclic amines) is 1. The van der Waals surface area contributed by atoms with E-state index in [-0.39, 0.29) is 23.3 Å². The second kappa shape index (κ2) is 9.32. The summed E-state index contributed by atoms with van der Waals surface area (Å²) < 4.78 is 35.1. The smallest absolute Gasteiger partial charge is 0.387 e. The van der Waals surface area contributed by atoms with Crippen molar-refractivity contribution in [3.8, 4) is 5.75 Å². The van der Waals surface area contributed by atoms with Gasteiger partial charge in [0.1, 0.15) is 11.8 Å². The van der Waals surface area contributed by atoms with Crippen LogP contribution in [0.3, 0.4) is 0 Å². The molecule has 2 aliphatic heterocycles. The minimum absolute atomic E-state index is 0.0107. The molecule has 2 heterocycles. The molecule has 0 radical (unpaired) electrons. The first-order valence-electron chi connectivity index (χ1n) is 9.70. The number of nitrogens with one attached hydrogen (secondary N) is 1. The molecule has 2 fully saturated rings. The van der Waals surface area contributed by atoms with Gasteiger partial charge >= 0.3 is 6.61 Å². The molecule has 2 atom stereocenters. The number of alkyl halides is 2. The van der Waals surface area contributed by atoms with E-state index in [0.717, 1.165) is 12.8 Å². The molecule has 8 heteroatoms. The highest BCUT2D eigenvalue weighted by Gasteiger charge is 2.36. The van der Waals surface area contributed by atoms with Crippen molar-refractivity contribution in [2.24, 2.45) is 5.92 Å². The average molecular weight is 396 g/mol. The van der Waals surface area contributed by atoms with E-state index in [4.69, 9.17) is 4.74 Å². The van der Waals surface area contributed by atoms with Crippen molar-refractivity contribution < 1.29 is 27.8 Å². The van der Waals surface area contributed by atoms with Gasteiger partial charge in [0.2, 0.25) is 5.91 Å². The minimum atomic E-state index is -3.02. The third kappa shape index (κ3) is 4.79. The van der Waals surface area contributed by atoms with E-state index in [1.54, 1.807) is 6.07 Å². The molecule has 1 aromatic rings. The Morgan fingerprint density at radius 1 is 1.21 bits per heavy atom. The standard InChI is InChI=1S/C20H26F2N2O4/c1-13(14-8-11-27-12-9-14)23-18(25)16-6-4-10-24(16)19(26)15-5-2-3-7-17(15)28-20(21)22/h2-3,5,7,13-14,16,20H,4,6,8-12H2,1H3,(H,23,25). The van der Waals surface area contributed by atoms with Crippen molar-refractivity contribution >= 4 is 11.8 Å². The van der Waals surface area contributed by atoms with Crippen LogP contribution in [0.4, 0.5) is 8.78 Å². The van der Waals surface area contributed by atoms with Crippen LogP contribution in [0.25, 0.3) is 0 Å². The summed E-state index contributed by atoms with van der Waals surface area (Å²) in [5.74, 6) is -0.489. The number of ether oxygens (including phenoxy) is 2. The maximum atomic E-state index is 13.0. The van der Waals surface area contributed by atoms with E-state index in [1.807, 2.05) is 6.92 Å². The molecule has 6 nitrogen and oxygen atoms in total. The van der Waals surface area contributed by atoms with Crippen LogP contribution in [0.5, 0.6) is 5.75 Å². The third-order valence-electron chi connectivity index (χ3n) is 5.49. The zero-order chi connectivity index (χ0) is 20.1. The Hall–Kier alpha value is -2.22. The number of carbonyl (C=O) groups is 2. The predicted octanol–water partition coefficient (Wildman–Crippen LogP) is 2.82. The van der Waals surface area contributed by atoms with E-state index in [2.05, 4.69) is 10.1 Å². The number of nitrogens with zero attached hydrogens (tertiary/aromatic N) is 1. The summed E-state index contributed by atoms with van der Waals surface area (Å²) in [6, 6.07) is 5.27. The molecule has 154 valence electrons. The third-order valence-corrected chi connectivity index (χ3v) is 5.49. The van der Waals surface area contributed by atoms with Gasteiger partial charge in [-0.1, -0.05) is 12.1 Å². The highest BCUT2D eigenvalue weighted by Crippen LogP contribution is 2.27. The van der Waals surface area contributed by atoms with Crippen molar-refractivity contribution in [3.63, 3.8) is 0 Å². The number of benzene rings is 1. The number of hydrogen-bond acceptors (Lipinski definition) is 4. The summed E-state index contributed by atoms with van der Waals surface area (Å²) in [6.07, 6.45) is 3.03. The van der Waals surface area contributed by atoms with Gasteiger partial charge < -0.3 is 19.7 Å². The van der Waals surface area contributed by atoms with Crippen LogP contribution in [0.15, 0.2) is 24.3 Å². The lowest BCUT2D eigenvalue weighted by molar-refractivity contribution is -0.126. The Labute approximate surface area is 163 Å². The SMILES string of the molecule is CC(NC(=O)C1CCCN1C(=O)c1ccccc1OC(F)F)C1CCOCC1. The summed E-state index contributed by atoms with van der Waals surface area (Å²) in [6.45, 7) is 0.749. The summed E-state index contributed by atoms with van der Waals surface area (Å²) in [5.41, 5.74) is 0.0416. The predicted molar refractivity (Wildman–Crippen MR) is 98.3 cm³/mol. The van der Waals surface area contributed by atoms with Gasteiger partial charge in [0.05, 0.1) is 5.56 Å². The molecular weight excluding hydrogens is 370 g/mol. The van der Waals surface area contributed by atoms with Crippen LogP contribution < -0.4 is 10.1 Å². The van der Waals surface area contributed by atoms with Crippen molar-refractivity contribution in [1.82, 2.24) is 10.2 Å². The summed E-state index contributed by atoms with van der Waals surface area (Å²) >= 11 is 0. The van der Waals surface area contributed by atoms with Gasteiger partial charge in [0.25, 0.3) is 5.91 Å². The minimum Gasteiger partial charge on any atom is -0.434 e. The lowest BCUT2D eigenvalue weighted by Gasteiger charge is -2.31. The van der Waals surface area contributed by atoms with Gasteiger partial charge in [-0.3, -0.25) is 9.59 Å². The number of rotatable bonds is 6. The molecule has 0 bridgehead atoms. The van der Waals surface area contributed by atoms with Gasteiger partial charge in [0.15, 0.2) is 0 Å². The summed E-state index contributed by atoms with van der Waals surface area (Å²) in [5, 5.41) is 3.04. The van der Waals surface area contributed by atoms with Crippen LogP contribution in [-0.4, -0.2) is 55.2 Å². The van der Waals surface area contributed by atoms with Crippen molar-refractivity contribution in [3.05, 3.63) is 29.8 Å². The molecule has 2 amide bonds. The van der Waals surface area contributed by atoms with E-state index in [1.165, 1.54) is 23.1 Å². The number of hydrogen-bond donors (Lipinski definition) is 1. The molecule has 0 aliphatic carbocycles. The fourth-order valence-electron chi connectivity index (χ4n) is 3.93. The van der Waals surface area contributed by atoms with Gasteiger partial charge in [0, 0.05) is 25.8 Å². The fourth-order valence-corrected chi connectivity index (χ4v) is 3.93. The van der Waals surface area contributed by atoms with Gasteiger partial charge in [-0.2, -0.15) is 8.78 Å². The van der Waals surface area contributed by atoms with Gasteiger partial charge in [-0.05, 0) is 50.7 Å². The highest BCUT2D eigenvalue weighted by molar-refractivity contribution is 6.00. The van der Waals surface area contributed by atoms with Crippen LogP contribution in [0.2, 0.25) is 0 Å². The molecular formula is C20H26F2N2O4. The van der Waals surface area contributed by atoms with Crippen molar-refractivity contribution in [1.29, 1.82) is 0 Å². The number of para-hydroxylation sites is 1. The van der Waals surface area contributed by atoms with Crippen molar-refractivity contribution in [2.45, 2.75) is 51.3 Å². The second-order valence-electron chi connectivity index (χ2n) is 7.28. The molecule has 2 saturated heterocycles. The van der Waals surface area contributed by atoms with Crippen LogP contribution in [0, 0.1) is 5.92 Å². The zero-order valence-corrected chi connectivity index (χ0v) is 15.9. The average Bonchev–Trinajstić information content (AvgIpc) is 3.18. The van der Waals surface area contributed by atoms with E-state index in [9.17, 15) is 18.4 Å². The lowest BCUT2D eigenvalue weighted by Crippen LogP contribution is -2.50. The molecule has 2 unspecified atom stereocenters. The van der Waals surface area contributed by atoms with Gasteiger partial charge in [-0.25, -0.2) is 0 Å². The Balaban J connectivity index is 1.68. The number of amides is 2. The molecule has 1 N–H and O–H groups in total. The molecule has 28 heavy (non-hydrogen) atoms. The largest absolute Gasteiger partial charge is 0.434 e. The second-order valence-corrected chi connectivity index (χ2v) is 7.28. The molecule has 0 aromatic heterocycles. The first-order valence-corrected chi connectivity index (χ1v) is 9.70. The molecule has 0 saturated carbocycles. The quantitative estimate of drug-likeness (QED) is 0.803. The zero-order valence-electron chi connectivity index (χ0n) is 15.9. The van der Waals surface area contributed by atoms with Crippen LogP contribution in [0.1, 0.15) is 43.0 Å². The fraction of sp³-hybridized carbons (Fsp3) is 0.600. The lowest BCUT2D eigenvalue weighted by atomic mass is 9.92. The van der Waals surface area contributed by atoms with E-state index in [0.29, 0.717) is 38.5 Å². The maximum absolute atomic E-state index is 13.0. The monoisotopic (exact) mass is 396 g/mol. The topological polar surface area (TPSA) is 67.9 Å². The maximum Gasteiger partial charge on any atom is 0.387 e. The van der Waals surface area contributed by atoms with E-state index >= 15 is 0 Å². The number of halogens is 2. The normalized spacial score (nSPS) is 21.6. The van der Waals surface area contributed by atoms with E-state index < -0.39 is 18.6 Å². The molecule has 2 aliphatic rings. The Kier molecular flexibility index (Phi) is 6.83. The number of carbonyl (C=O) groups excluding carboxylic acids is 2.